The summed E-state index contributed by atoms with van der Waals surface area (Å²) in [5.74, 6) is -0.160. The van der Waals surface area contributed by atoms with Gasteiger partial charge in [-0.2, -0.15) is 0 Å². The molecule has 0 aliphatic heterocycles. The van der Waals surface area contributed by atoms with E-state index in [0.29, 0.717) is 29.7 Å². The molecular weight excluding hydrogens is 324 g/mol. The normalized spacial score (nSPS) is 11.1. The average molecular weight is 346 g/mol. The van der Waals surface area contributed by atoms with E-state index in [0.717, 1.165) is 12.0 Å². The Morgan fingerprint density at radius 2 is 1.81 bits per heavy atom. The van der Waals surface area contributed by atoms with E-state index in [1.807, 2.05) is 67.6 Å². The quantitative estimate of drug-likeness (QED) is 0.731. The Labute approximate surface area is 152 Å². The van der Waals surface area contributed by atoms with Gasteiger partial charge in [0.1, 0.15) is 5.69 Å². The summed E-state index contributed by atoms with van der Waals surface area (Å²) in [6, 6.07) is 18.6. The third kappa shape index (κ3) is 4.09. The van der Waals surface area contributed by atoms with E-state index >= 15 is 0 Å². The van der Waals surface area contributed by atoms with Gasteiger partial charge in [0.15, 0.2) is 5.43 Å². The molecule has 0 atom stereocenters. The Morgan fingerprint density at radius 3 is 2.58 bits per heavy atom. The molecule has 0 bridgehead atoms. The summed E-state index contributed by atoms with van der Waals surface area (Å²) in [5, 5.41) is 0.593. The minimum atomic E-state index is -0.160. The number of aromatic amines is 1. The highest BCUT2D eigenvalue weighted by molar-refractivity contribution is 5.95. The van der Waals surface area contributed by atoms with Crippen molar-refractivity contribution in [2.75, 3.05) is 13.1 Å². The number of carbonyl (C=O) groups is 1. The number of fused-ring (bicyclic) bond motifs is 1. The van der Waals surface area contributed by atoms with Crippen LogP contribution in [-0.2, 0) is 0 Å². The molecular formula is C22H22N2O2. The fraction of sp³-hybridized carbons (Fsp3) is 0.182. The summed E-state index contributed by atoms with van der Waals surface area (Å²) in [7, 11) is 0. The van der Waals surface area contributed by atoms with Crippen LogP contribution in [0.15, 0.2) is 71.5 Å². The van der Waals surface area contributed by atoms with Gasteiger partial charge in [0.05, 0.1) is 0 Å². The lowest BCUT2D eigenvalue weighted by Crippen LogP contribution is -2.33. The van der Waals surface area contributed by atoms with Crippen molar-refractivity contribution in [1.29, 1.82) is 0 Å². The van der Waals surface area contributed by atoms with E-state index in [-0.39, 0.29) is 11.3 Å². The molecule has 1 N–H and O–H groups in total. The third-order valence-corrected chi connectivity index (χ3v) is 4.18. The number of hydrogen-bond acceptors (Lipinski definition) is 2. The molecule has 4 heteroatoms. The van der Waals surface area contributed by atoms with Gasteiger partial charge in [-0.1, -0.05) is 61.5 Å². The molecule has 0 aliphatic carbocycles. The van der Waals surface area contributed by atoms with Gasteiger partial charge in [0.25, 0.3) is 5.91 Å². The number of nitrogens with one attached hydrogen (secondary N) is 1. The van der Waals surface area contributed by atoms with Crippen LogP contribution in [0, 0.1) is 0 Å². The number of carbonyl (C=O) groups excluding carboxylic acids is 1. The van der Waals surface area contributed by atoms with Crippen molar-refractivity contribution in [2.24, 2.45) is 0 Å². The maximum absolute atomic E-state index is 12.9. The van der Waals surface area contributed by atoms with Crippen LogP contribution in [0.1, 0.15) is 29.4 Å². The monoisotopic (exact) mass is 346 g/mol. The van der Waals surface area contributed by atoms with Gasteiger partial charge in [-0.15, -0.1) is 0 Å². The zero-order valence-corrected chi connectivity index (χ0v) is 14.8. The topological polar surface area (TPSA) is 53.2 Å². The summed E-state index contributed by atoms with van der Waals surface area (Å²) in [6.07, 6.45) is 4.82. The molecule has 132 valence electrons. The average Bonchev–Trinajstić information content (AvgIpc) is 2.67. The molecule has 26 heavy (non-hydrogen) atoms. The van der Waals surface area contributed by atoms with E-state index in [2.05, 4.69) is 4.98 Å². The summed E-state index contributed by atoms with van der Waals surface area (Å²) >= 11 is 0. The molecule has 1 heterocycles. The van der Waals surface area contributed by atoms with E-state index in [1.165, 1.54) is 6.07 Å². The highest BCUT2D eigenvalue weighted by atomic mass is 16.2. The molecule has 0 unspecified atom stereocenters. The zero-order chi connectivity index (χ0) is 18.4. The van der Waals surface area contributed by atoms with Gasteiger partial charge >= 0.3 is 0 Å². The Kier molecular flexibility index (Phi) is 5.64. The Morgan fingerprint density at radius 1 is 1.08 bits per heavy atom. The molecule has 0 saturated heterocycles. The fourth-order valence-electron chi connectivity index (χ4n) is 2.91. The lowest BCUT2D eigenvalue weighted by molar-refractivity contribution is 0.0768. The molecule has 0 aliphatic rings. The lowest BCUT2D eigenvalue weighted by atomic mass is 10.2. The predicted molar refractivity (Wildman–Crippen MR) is 106 cm³/mol. The predicted octanol–water partition coefficient (Wildman–Crippen LogP) is 4.09. The highest BCUT2D eigenvalue weighted by Crippen LogP contribution is 2.10. The van der Waals surface area contributed by atoms with Gasteiger partial charge in [-0.3, -0.25) is 9.59 Å². The fourth-order valence-corrected chi connectivity index (χ4v) is 2.91. The first-order valence-electron chi connectivity index (χ1n) is 8.82. The number of para-hydroxylation sites is 1. The van der Waals surface area contributed by atoms with E-state index in [9.17, 15) is 9.59 Å². The van der Waals surface area contributed by atoms with Crippen molar-refractivity contribution >= 4 is 22.9 Å². The van der Waals surface area contributed by atoms with Crippen LogP contribution >= 0.6 is 0 Å². The summed E-state index contributed by atoms with van der Waals surface area (Å²) in [5.41, 5.74) is 1.96. The second kappa shape index (κ2) is 8.30. The molecule has 1 aromatic heterocycles. The molecule has 1 amide bonds. The van der Waals surface area contributed by atoms with Crippen molar-refractivity contribution in [2.45, 2.75) is 13.3 Å². The largest absolute Gasteiger partial charge is 0.350 e. The van der Waals surface area contributed by atoms with Gasteiger partial charge < -0.3 is 9.88 Å². The van der Waals surface area contributed by atoms with Crippen LogP contribution in [-0.4, -0.2) is 28.9 Å². The summed E-state index contributed by atoms with van der Waals surface area (Å²) in [4.78, 5) is 30.0. The van der Waals surface area contributed by atoms with Crippen LogP contribution in [0.2, 0.25) is 0 Å². The van der Waals surface area contributed by atoms with Crippen LogP contribution in [0.25, 0.3) is 17.0 Å². The molecule has 0 fully saturated rings. The van der Waals surface area contributed by atoms with E-state index in [1.54, 1.807) is 11.0 Å². The number of amides is 1. The zero-order valence-electron chi connectivity index (χ0n) is 14.8. The maximum Gasteiger partial charge on any atom is 0.270 e. The maximum atomic E-state index is 12.9. The first-order valence-corrected chi connectivity index (χ1v) is 8.82. The minimum Gasteiger partial charge on any atom is -0.350 e. The number of pyridine rings is 1. The number of benzene rings is 2. The first-order chi connectivity index (χ1) is 12.7. The highest BCUT2D eigenvalue weighted by Gasteiger charge is 2.16. The molecule has 2 aromatic carbocycles. The van der Waals surface area contributed by atoms with Gasteiger partial charge in [-0.05, 0) is 24.1 Å². The molecule has 0 saturated carbocycles. The third-order valence-electron chi connectivity index (χ3n) is 4.18. The molecule has 0 radical (unpaired) electrons. The van der Waals surface area contributed by atoms with Gasteiger partial charge in [-0.25, -0.2) is 0 Å². The molecule has 3 rings (SSSR count). The van der Waals surface area contributed by atoms with E-state index < -0.39 is 0 Å². The number of rotatable bonds is 6. The van der Waals surface area contributed by atoms with Crippen molar-refractivity contribution in [3.8, 4) is 0 Å². The molecule has 4 nitrogen and oxygen atoms in total. The first kappa shape index (κ1) is 17.7. The van der Waals surface area contributed by atoms with Crippen LogP contribution in [0.5, 0.6) is 0 Å². The SMILES string of the molecule is CCCN(CC=Cc1ccccc1)C(=O)c1cc(=O)c2ccccc2[nH]1. The Balaban J connectivity index is 1.82. The van der Waals surface area contributed by atoms with Crippen LogP contribution < -0.4 is 5.43 Å². The molecule has 3 aromatic rings. The Bertz CT molecular complexity index is 974. The Hall–Kier alpha value is -3.14. The smallest absolute Gasteiger partial charge is 0.270 e. The number of H-pyrrole nitrogens is 1. The van der Waals surface area contributed by atoms with Crippen molar-refractivity contribution in [1.82, 2.24) is 9.88 Å². The van der Waals surface area contributed by atoms with Crippen LogP contribution in [0.4, 0.5) is 0 Å². The standard InChI is InChI=1S/C22H22N2O2/c1-2-14-24(15-8-11-17-9-4-3-5-10-17)22(26)20-16-21(25)18-12-6-7-13-19(18)23-20/h3-13,16H,2,14-15H2,1H3,(H,23,25). The van der Waals surface area contributed by atoms with Gasteiger partial charge in [0.2, 0.25) is 0 Å². The van der Waals surface area contributed by atoms with Crippen LogP contribution in [0.3, 0.4) is 0 Å². The second-order valence-corrected chi connectivity index (χ2v) is 6.16. The summed E-state index contributed by atoms with van der Waals surface area (Å²) in [6.45, 7) is 3.16. The molecule has 0 spiro atoms. The van der Waals surface area contributed by atoms with Crippen molar-refractivity contribution < 1.29 is 4.79 Å². The minimum absolute atomic E-state index is 0.140. The van der Waals surface area contributed by atoms with E-state index in [4.69, 9.17) is 0 Å². The van der Waals surface area contributed by atoms with Crippen molar-refractivity contribution in [3.05, 3.63) is 88.2 Å². The number of hydrogen-bond donors (Lipinski definition) is 1. The lowest BCUT2D eigenvalue weighted by Gasteiger charge is -2.20. The second-order valence-electron chi connectivity index (χ2n) is 6.16. The van der Waals surface area contributed by atoms with Crippen molar-refractivity contribution in [3.63, 3.8) is 0 Å². The summed E-state index contributed by atoms with van der Waals surface area (Å²) < 4.78 is 0. The number of aromatic nitrogens is 1. The van der Waals surface area contributed by atoms with Gasteiger partial charge in [0, 0.05) is 30.1 Å². The number of nitrogens with zero attached hydrogens (tertiary/aromatic N) is 1.